The van der Waals surface area contributed by atoms with Crippen LogP contribution in [0, 0.1) is 24.4 Å². The number of nitrogens with zero attached hydrogens (tertiary/aromatic N) is 1. The number of anilines is 1. The van der Waals surface area contributed by atoms with Crippen molar-refractivity contribution in [2.75, 3.05) is 11.5 Å². The number of halogens is 3. The molecule has 0 spiro atoms. The molecule has 1 unspecified atom stereocenters. The highest BCUT2D eigenvalue weighted by Gasteiger charge is 2.47. The maximum absolute atomic E-state index is 14.0. The van der Waals surface area contributed by atoms with Gasteiger partial charge in [-0.1, -0.05) is 12.1 Å². The molecule has 3 aromatic carbocycles. The molecule has 5 nitrogen and oxygen atoms in total. The van der Waals surface area contributed by atoms with Gasteiger partial charge >= 0.3 is 0 Å². The van der Waals surface area contributed by atoms with Gasteiger partial charge in [0.1, 0.15) is 17.3 Å². The van der Waals surface area contributed by atoms with Crippen molar-refractivity contribution in [2.45, 2.75) is 19.9 Å². The molecule has 34 heavy (non-hydrogen) atoms. The molecule has 0 aliphatic carbocycles. The fourth-order valence-electron chi connectivity index (χ4n) is 3.94. The Balaban J connectivity index is 1.96. The van der Waals surface area contributed by atoms with Crippen molar-refractivity contribution >= 4 is 23.1 Å². The van der Waals surface area contributed by atoms with Gasteiger partial charge in [0.25, 0.3) is 11.7 Å². The van der Waals surface area contributed by atoms with Crippen LogP contribution in [-0.4, -0.2) is 23.4 Å². The van der Waals surface area contributed by atoms with Crippen molar-refractivity contribution in [2.24, 2.45) is 0 Å². The van der Waals surface area contributed by atoms with Gasteiger partial charge < -0.3 is 9.84 Å². The fourth-order valence-corrected chi connectivity index (χ4v) is 3.94. The Labute approximate surface area is 193 Å². The minimum atomic E-state index is -1.20. The molecule has 1 atom stereocenters. The second-order valence-electron chi connectivity index (χ2n) is 7.74. The smallest absolute Gasteiger partial charge is 0.300 e. The van der Waals surface area contributed by atoms with E-state index in [-0.39, 0.29) is 22.4 Å². The molecule has 0 radical (unpaired) electrons. The van der Waals surface area contributed by atoms with Crippen molar-refractivity contribution in [3.8, 4) is 5.75 Å². The Kier molecular flexibility index (Phi) is 6.15. The number of rotatable bonds is 5. The van der Waals surface area contributed by atoms with Gasteiger partial charge in [-0.15, -0.1) is 0 Å². The number of aryl methyl sites for hydroxylation is 1. The predicted molar refractivity (Wildman–Crippen MR) is 120 cm³/mol. The van der Waals surface area contributed by atoms with Crippen LogP contribution in [-0.2, 0) is 9.59 Å². The van der Waals surface area contributed by atoms with Crippen LogP contribution < -0.4 is 9.64 Å². The second-order valence-corrected chi connectivity index (χ2v) is 7.74. The van der Waals surface area contributed by atoms with Crippen molar-refractivity contribution in [1.82, 2.24) is 0 Å². The molecule has 1 aliphatic heterocycles. The summed E-state index contributed by atoms with van der Waals surface area (Å²) in [7, 11) is 0. The number of carbonyl (C=O) groups excluding carboxylic acids is 2. The Morgan fingerprint density at radius 3 is 2.38 bits per heavy atom. The number of hydrogen-bond acceptors (Lipinski definition) is 4. The van der Waals surface area contributed by atoms with Gasteiger partial charge in [-0.3, -0.25) is 14.5 Å². The molecule has 3 aromatic rings. The maximum Gasteiger partial charge on any atom is 0.300 e. The normalized spacial score (nSPS) is 17.3. The molecule has 1 amide bonds. The molecule has 1 fully saturated rings. The number of ether oxygens (including phenoxy) is 1. The lowest BCUT2D eigenvalue weighted by atomic mass is 9.94. The minimum Gasteiger partial charge on any atom is -0.507 e. The molecule has 1 saturated heterocycles. The van der Waals surface area contributed by atoms with E-state index in [2.05, 4.69) is 0 Å². The number of benzene rings is 3. The van der Waals surface area contributed by atoms with E-state index in [0.717, 1.165) is 23.1 Å². The van der Waals surface area contributed by atoms with Crippen LogP contribution >= 0.6 is 0 Å². The SMILES string of the molecule is CCOc1cccc(C2/C(=C(\O)c3ccc(F)c(C)c3)C(=O)C(=O)N2c2ccc(F)c(F)c2)c1. The summed E-state index contributed by atoms with van der Waals surface area (Å²) in [6.45, 7) is 3.65. The monoisotopic (exact) mass is 467 g/mol. The average molecular weight is 467 g/mol. The fraction of sp³-hybridized carbons (Fsp3) is 0.154. The zero-order valence-electron chi connectivity index (χ0n) is 18.3. The number of carbonyl (C=O) groups is 2. The van der Waals surface area contributed by atoms with E-state index in [1.54, 1.807) is 31.2 Å². The lowest BCUT2D eigenvalue weighted by Gasteiger charge is -2.26. The molecule has 0 saturated carbocycles. The van der Waals surface area contributed by atoms with Crippen LogP contribution in [0.2, 0.25) is 0 Å². The van der Waals surface area contributed by atoms with Gasteiger partial charge in [0.2, 0.25) is 0 Å². The third kappa shape index (κ3) is 4.03. The minimum absolute atomic E-state index is 0.0675. The Hall–Kier alpha value is -4.07. The summed E-state index contributed by atoms with van der Waals surface area (Å²) in [4.78, 5) is 27.2. The van der Waals surface area contributed by atoms with Crippen LogP contribution in [0.15, 0.2) is 66.2 Å². The van der Waals surface area contributed by atoms with Crippen LogP contribution in [0.4, 0.5) is 18.9 Å². The number of Topliss-reactive ketones (excluding diaryl/α,β-unsaturated/α-hetero) is 1. The zero-order valence-corrected chi connectivity index (χ0v) is 18.3. The summed E-state index contributed by atoms with van der Waals surface area (Å²) in [5, 5.41) is 11.1. The molecule has 1 aliphatic rings. The van der Waals surface area contributed by atoms with Crippen LogP contribution in [0.25, 0.3) is 5.76 Å². The van der Waals surface area contributed by atoms with Gasteiger partial charge in [-0.2, -0.15) is 0 Å². The van der Waals surface area contributed by atoms with Gasteiger partial charge in [0.05, 0.1) is 18.2 Å². The first kappa shape index (κ1) is 23.1. The average Bonchev–Trinajstić information content (AvgIpc) is 3.08. The Bertz CT molecular complexity index is 1340. The second kappa shape index (κ2) is 9.05. The molecule has 8 heteroatoms. The molecular formula is C26H20F3NO4. The van der Waals surface area contributed by atoms with Crippen molar-refractivity contribution < 1.29 is 32.6 Å². The van der Waals surface area contributed by atoms with Gasteiger partial charge in [0, 0.05) is 17.3 Å². The Morgan fingerprint density at radius 1 is 0.971 bits per heavy atom. The summed E-state index contributed by atoms with van der Waals surface area (Å²) in [5.41, 5.74) is 0.425. The largest absolute Gasteiger partial charge is 0.507 e. The molecule has 1 N–H and O–H groups in total. The Morgan fingerprint density at radius 2 is 1.71 bits per heavy atom. The first-order valence-corrected chi connectivity index (χ1v) is 10.5. The van der Waals surface area contributed by atoms with E-state index in [1.807, 2.05) is 0 Å². The topological polar surface area (TPSA) is 66.8 Å². The highest BCUT2D eigenvalue weighted by molar-refractivity contribution is 6.51. The van der Waals surface area contributed by atoms with E-state index < -0.39 is 40.9 Å². The molecule has 1 heterocycles. The maximum atomic E-state index is 14.0. The standard InChI is InChI=1S/C26H20F3NO4/c1-3-34-18-6-4-5-15(12-18)23-22(24(31)16-7-9-19(27)14(2)11-16)25(32)26(33)30(23)17-8-10-20(28)21(29)13-17/h4-13,23,31H,3H2,1-2H3/b24-22+. The van der Waals surface area contributed by atoms with Gasteiger partial charge in [-0.25, -0.2) is 13.2 Å². The van der Waals surface area contributed by atoms with Gasteiger partial charge in [0.15, 0.2) is 11.6 Å². The number of ketones is 1. The van der Waals surface area contributed by atoms with E-state index in [1.165, 1.54) is 25.1 Å². The number of amides is 1. The van der Waals surface area contributed by atoms with Crippen molar-refractivity contribution in [1.29, 1.82) is 0 Å². The molecule has 174 valence electrons. The first-order valence-electron chi connectivity index (χ1n) is 10.5. The summed E-state index contributed by atoms with van der Waals surface area (Å²) in [5.74, 6) is -4.92. The highest BCUT2D eigenvalue weighted by Crippen LogP contribution is 2.43. The van der Waals surface area contributed by atoms with Crippen LogP contribution in [0.5, 0.6) is 5.75 Å². The van der Waals surface area contributed by atoms with Crippen LogP contribution in [0.3, 0.4) is 0 Å². The van der Waals surface area contributed by atoms with E-state index in [0.29, 0.717) is 17.9 Å². The lowest BCUT2D eigenvalue weighted by molar-refractivity contribution is -0.132. The van der Waals surface area contributed by atoms with Gasteiger partial charge in [-0.05, 0) is 67.4 Å². The number of hydrogen-bond donors (Lipinski definition) is 1. The number of aliphatic hydroxyl groups excluding tert-OH is 1. The third-order valence-corrected chi connectivity index (χ3v) is 5.54. The summed E-state index contributed by atoms with van der Waals surface area (Å²) < 4.78 is 46.9. The van der Waals surface area contributed by atoms with E-state index in [4.69, 9.17) is 4.74 Å². The highest BCUT2D eigenvalue weighted by atomic mass is 19.2. The summed E-state index contributed by atoms with van der Waals surface area (Å²) >= 11 is 0. The first-order chi connectivity index (χ1) is 16.2. The summed E-state index contributed by atoms with van der Waals surface area (Å²) in [6, 6.07) is 12.0. The van der Waals surface area contributed by atoms with Crippen LogP contribution in [0.1, 0.15) is 29.7 Å². The van der Waals surface area contributed by atoms with E-state index >= 15 is 0 Å². The quantitative estimate of drug-likeness (QED) is 0.308. The number of aliphatic hydroxyl groups is 1. The van der Waals surface area contributed by atoms with E-state index in [9.17, 15) is 27.9 Å². The molecule has 0 bridgehead atoms. The van der Waals surface area contributed by atoms with Crippen molar-refractivity contribution in [3.63, 3.8) is 0 Å². The van der Waals surface area contributed by atoms with Crippen molar-refractivity contribution in [3.05, 3.63) is 100 Å². The lowest BCUT2D eigenvalue weighted by Crippen LogP contribution is -2.29. The predicted octanol–water partition coefficient (Wildman–Crippen LogP) is 5.44. The summed E-state index contributed by atoms with van der Waals surface area (Å²) in [6.07, 6.45) is 0. The zero-order chi connectivity index (χ0) is 24.6. The molecule has 0 aromatic heterocycles. The molecular weight excluding hydrogens is 447 g/mol. The molecule has 4 rings (SSSR count). The third-order valence-electron chi connectivity index (χ3n) is 5.54.